The lowest BCUT2D eigenvalue weighted by Crippen LogP contribution is -2.27. The van der Waals surface area contributed by atoms with Gasteiger partial charge in [0.05, 0.1) is 36.1 Å². The van der Waals surface area contributed by atoms with E-state index in [2.05, 4.69) is 15.9 Å². The molecule has 1 heterocycles. The van der Waals surface area contributed by atoms with E-state index < -0.39 is 11.9 Å². The summed E-state index contributed by atoms with van der Waals surface area (Å²) < 4.78 is 10.1. The van der Waals surface area contributed by atoms with Gasteiger partial charge in [0, 0.05) is 10.7 Å². The average Bonchev–Trinajstić information content (AvgIpc) is 2.85. The Kier molecular flexibility index (Phi) is 6.02. The second-order valence-electron chi connectivity index (χ2n) is 4.71. The maximum Gasteiger partial charge on any atom is 0.355 e. The Morgan fingerprint density at radius 1 is 1.20 bits per heavy atom. The fourth-order valence-corrected chi connectivity index (χ4v) is 2.68. The van der Waals surface area contributed by atoms with Gasteiger partial charge in [0.25, 0.3) is 0 Å². The zero-order valence-corrected chi connectivity index (χ0v) is 15.6. The molecule has 128 valence electrons. The number of esters is 2. The summed E-state index contributed by atoms with van der Waals surface area (Å²) in [5.74, 6) is -1.48. The predicted molar refractivity (Wildman–Crippen MR) is 95.7 cm³/mol. The number of methoxy groups -OCH3 is 2. The molecule has 1 aromatic carbocycles. The highest BCUT2D eigenvalue weighted by Gasteiger charge is 2.29. The predicted octanol–water partition coefficient (Wildman–Crippen LogP) is 3.46. The van der Waals surface area contributed by atoms with Crippen LogP contribution in [0, 0.1) is 11.3 Å². The van der Waals surface area contributed by atoms with Crippen molar-refractivity contribution in [2.24, 2.45) is 0 Å². The number of carbonyl (C=O) groups excluding carboxylic acids is 2. The van der Waals surface area contributed by atoms with Gasteiger partial charge < -0.3 is 14.4 Å². The first kappa shape index (κ1) is 18.8. The van der Waals surface area contributed by atoms with Gasteiger partial charge in [0.15, 0.2) is 0 Å². The maximum atomic E-state index is 12.4. The number of rotatable bonds is 3. The van der Waals surface area contributed by atoms with Gasteiger partial charge in [-0.1, -0.05) is 17.7 Å². The number of anilines is 1. The lowest BCUT2D eigenvalue weighted by molar-refractivity contribution is -0.139. The first-order valence-electron chi connectivity index (χ1n) is 6.88. The Hall–Kier alpha value is -2.56. The highest BCUT2D eigenvalue weighted by atomic mass is 79.9. The molecule has 0 atom stereocenters. The summed E-state index contributed by atoms with van der Waals surface area (Å²) in [5, 5.41) is 9.77. The molecule has 0 aliphatic carbocycles. The van der Waals surface area contributed by atoms with Crippen LogP contribution in [-0.4, -0.2) is 26.2 Å². The number of nitrogens with zero attached hydrogens (tertiary/aromatic N) is 2. The number of ether oxygens (including phenoxy) is 2. The van der Waals surface area contributed by atoms with Gasteiger partial charge in [0.1, 0.15) is 11.8 Å². The fraction of sp³-hybridized carbons (Fsp3) is 0.118. The number of allylic oxidation sites excluding steroid dienone is 2. The largest absolute Gasteiger partial charge is 0.465 e. The minimum atomic E-state index is -0.764. The van der Waals surface area contributed by atoms with Crippen molar-refractivity contribution in [3.05, 3.63) is 62.9 Å². The zero-order valence-electron chi connectivity index (χ0n) is 13.2. The third kappa shape index (κ3) is 3.76. The lowest BCUT2D eigenvalue weighted by Gasteiger charge is -2.24. The number of carbonyl (C=O) groups is 2. The third-order valence-corrected chi connectivity index (χ3v) is 4.50. The second-order valence-corrected chi connectivity index (χ2v) is 5.97. The minimum Gasteiger partial charge on any atom is -0.465 e. The van der Waals surface area contributed by atoms with Crippen LogP contribution in [0.25, 0.3) is 0 Å². The average molecular weight is 424 g/mol. The fourth-order valence-electron chi connectivity index (χ4n) is 2.18. The normalized spacial score (nSPS) is 13.3. The molecule has 6 nitrogen and oxygen atoms in total. The van der Waals surface area contributed by atoms with Gasteiger partial charge in [0.2, 0.25) is 0 Å². The Labute approximate surface area is 157 Å². The van der Waals surface area contributed by atoms with E-state index in [9.17, 15) is 14.9 Å². The standard InChI is InChI=1S/C17H12BrClN2O4/c1-24-16(22)11-5-3-4-6-21(15(11)17(23)25-2)14-8-13(19)12(18)7-10(14)9-20/h3-8H,1-2H3. The topological polar surface area (TPSA) is 79.6 Å². The Morgan fingerprint density at radius 2 is 1.88 bits per heavy atom. The van der Waals surface area contributed by atoms with Crippen molar-refractivity contribution >= 4 is 45.2 Å². The second kappa shape index (κ2) is 8.01. The monoisotopic (exact) mass is 422 g/mol. The molecule has 0 saturated heterocycles. The van der Waals surface area contributed by atoms with Crippen molar-refractivity contribution in [1.29, 1.82) is 5.26 Å². The molecule has 0 fully saturated rings. The van der Waals surface area contributed by atoms with Crippen molar-refractivity contribution in [2.45, 2.75) is 0 Å². The van der Waals surface area contributed by atoms with Crippen molar-refractivity contribution in [3.8, 4) is 6.07 Å². The molecule has 1 aliphatic heterocycles. The van der Waals surface area contributed by atoms with Crippen LogP contribution in [0.15, 0.2) is 52.3 Å². The van der Waals surface area contributed by atoms with Crippen LogP contribution < -0.4 is 4.90 Å². The van der Waals surface area contributed by atoms with Crippen LogP contribution in [0.2, 0.25) is 5.02 Å². The van der Waals surface area contributed by atoms with Crippen LogP contribution in [0.1, 0.15) is 5.56 Å². The molecule has 0 unspecified atom stereocenters. The minimum absolute atomic E-state index is 0.0118. The molecule has 0 N–H and O–H groups in total. The highest BCUT2D eigenvalue weighted by Crippen LogP contribution is 2.35. The quantitative estimate of drug-likeness (QED) is 0.693. The van der Waals surface area contributed by atoms with Gasteiger partial charge in [-0.2, -0.15) is 5.26 Å². The molecular formula is C17H12BrClN2O4. The summed E-state index contributed by atoms with van der Waals surface area (Å²) in [6.45, 7) is 0. The third-order valence-electron chi connectivity index (χ3n) is 3.31. The maximum absolute atomic E-state index is 12.4. The molecule has 0 amide bonds. The molecule has 25 heavy (non-hydrogen) atoms. The summed E-state index contributed by atoms with van der Waals surface area (Å²) in [5.41, 5.74) is 0.461. The van der Waals surface area contributed by atoms with Crippen LogP contribution in [0.3, 0.4) is 0 Å². The van der Waals surface area contributed by atoms with Crippen LogP contribution in [0.4, 0.5) is 5.69 Å². The SMILES string of the molecule is COC(=O)C1=C(C(=O)OC)N(c2cc(Cl)c(Br)cc2C#N)C=CC=C1. The molecule has 1 aromatic rings. The van der Waals surface area contributed by atoms with E-state index >= 15 is 0 Å². The molecule has 0 bridgehead atoms. The van der Waals surface area contributed by atoms with E-state index in [4.69, 9.17) is 21.1 Å². The first-order valence-corrected chi connectivity index (χ1v) is 8.05. The molecule has 1 aliphatic rings. The number of nitriles is 1. The van der Waals surface area contributed by atoms with Crippen molar-refractivity contribution < 1.29 is 19.1 Å². The van der Waals surface area contributed by atoms with Gasteiger partial charge in [-0.25, -0.2) is 9.59 Å². The first-order chi connectivity index (χ1) is 11.9. The summed E-state index contributed by atoms with van der Waals surface area (Å²) in [4.78, 5) is 25.8. The highest BCUT2D eigenvalue weighted by molar-refractivity contribution is 9.10. The van der Waals surface area contributed by atoms with Gasteiger partial charge in [-0.3, -0.25) is 0 Å². The number of benzene rings is 1. The van der Waals surface area contributed by atoms with Crippen molar-refractivity contribution in [1.82, 2.24) is 0 Å². The molecule has 0 aromatic heterocycles. The number of halogens is 2. The molecule has 0 spiro atoms. The zero-order chi connectivity index (χ0) is 18.6. The van der Waals surface area contributed by atoms with Crippen LogP contribution in [0.5, 0.6) is 0 Å². The lowest BCUT2D eigenvalue weighted by atomic mass is 10.1. The summed E-state index contributed by atoms with van der Waals surface area (Å²) in [6, 6.07) is 5.08. The summed E-state index contributed by atoms with van der Waals surface area (Å²) >= 11 is 9.40. The summed E-state index contributed by atoms with van der Waals surface area (Å²) in [6.07, 6.45) is 6.14. The van der Waals surface area contributed by atoms with E-state index in [0.29, 0.717) is 15.2 Å². The van der Waals surface area contributed by atoms with E-state index in [1.165, 1.54) is 43.5 Å². The molecule has 0 radical (unpaired) electrons. The molecule has 8 heteroatoms. The number of hydrogen-bond acceptors (Lipinski definition) is 6. The van der Waals surface area contributed by atoms with E-state index in [1.54, 1.807) is 12.2 Å². The summed E-state index contributed by atoms with van der Waals surface area (Å²) in [7, 11) is 2.40. The molecule has 2 rings (SSSR count). The van der Waals surface area contributed by atoms with Gasteiger partial charge in [-0.15, -0.1) is 0 Å². The Balaban J connectivity index is 2.78. The number of hydrogen-bond donors (Lipinski definition) is 0. The van der Waals surface area contributed by atoms with Gasteiger partial charge in [-0.05, 0) is 40.2 Å². The Morgan fingerprint density at radius 3 is 2.48 bits per heavy atom. The van der Waals surface area contributed by atoms with Gasteiger partial charge >= 0.3 is 11.9 Å². The van der Waals surface area contributed by atoms with Crippen LogP contribution >= 0.6 is 27.5 Å². The van der Waals surface area contributed by atoms with E-state index in [0.717, 1.165) is 0 Å². The van der Waals surface area contributed by atoms with E-state index in [-0.39, 0.29) is 16.8 Å². The van der Waals surface area contributed by atoms with E-state index in [1.807, 2.05) is 6.07 Å². The molecule has 0 saturated carbocycles. The smallest absolute Gasteiger partial charge is 0.355 e. The van der Waals surface area contributed by atoms with Crippen LogP contribution in [-0.2, 0) is 19.1 Å². The van der Waals surface area contributed by atoms with Crippen molar-refractivity contribution in [3.63, 3.8) is 0 Å². The Bertz CT molecular complexity index is 868. The molecular weight excluding hydrogens is 412 g/mol. The van der Waals surface area contributed by atoms with Crippen molar-refractivity contribution in [2.75, 3.05) is 19.1 Å².